The van der Waals surface area contributed by atoms with E-state index in [1.807, 2.05) is 24.3 Å². The topological polar surface area (TPSA) is 49.4 Å². The Hall–Kier alpha value is -1.81. The van der Waals surface area contributed by atoms with Crippen molar-refractivity contribution in [1.82, 2.24) is 10.2 Å². The maximum Gasteiger partial charge on any atom is 0.221 e. The number of carbonyl (C=O) groups is 2. The summed E-state index contributed by atoms with van der Waals surface area (Å²) in [6.07, 6.45) is 9.15. The minimum absolute atomic E-state index is 0.0184. The van der Waals surface area contributed by atoms with E-state index in [2.05, 4.69) is 11.4 Å². The van der Waals surface area contributed by atoms with Gasteiger partial charge in [0.05, 0.1) is 0 Å². The van der Waals surface area contributed by atoms with Crippen LogP contribution in [0.1, 0.15) is 51.0 Å². The lowest BCUT2D eigenvalue weighted by molar-refractivity contribution is -0.129. The molecule has 4 nitrogen and oxygen atoms in total. The van der Waals surface area contributed by atoms with Gasteiger partial charge in [0.2, 0.25) is 11.8 Å². The van der Waals surface area contributed by atoms with E-state index in [1.54, 1.807) is 11.8 Å². The standard InChI is InChI=1S/C21H29ClN2O2/c1-17(25)24(14-11-18-6-3-2-4-7-18)15-12-21(26)23-13-10-19-8-5-9-20(22)16-19/h5-6,8-9,16H,2-4,7,10-15H2,1H3,(H,23,26). The molecule has 0 saturated heterocycles. The molecule has 0 aromatic heterocycles. The van der Waals surface area contributed by atoms with Gasteiger partial charge in [0.1, 0.15) is 0 Å². The van der Waals surface area contributed by atoms with E-state index in [0.717, 1.165) is 31.2 Å². The van der Waals surface area contributed by atoms with Gasteiger partial charge >= 0.3 is 0 Å². The number of nitrogens with zero attached hydrogens (tertiary/aromatic N) is 1. The smallest absolute Gasteiger partial charge is 0.221 e. The van der Waals surface area contributed by atoms with Crippen molar-refractivity contribution >= 4 is 23.4 Å². The summed E-state index contributed by atoms with van der Waals surface area (Å²) in [6, 6.07) is 7.65. The van der Waals surface area contributed by atoms with E-state index in [-0.39, 0.29) is 11.8 Å². The Balaban J connectivity index is 1.67. The van der Waals surface area contributed by atoms with Crippen molar-refractivity contribution in [2.45, 2.75) is 51.9 Å². The summed E-state index contributed by atoms with van der Waals surface area (Å²) >= 11 is 5.96. The highest BCUT2D eigenvalue weighted by molar-refractivity contribution is 6.30. The molecule has 0 bridgehead atoms. The fourth-order valence-electron chi connectivity index (χ4n) is 3.20. The van der Waals surface area contributed by atoms with E-state index in [4.69, 9.17) is 11.6 Å². The molecule has 5 heteroatoms. The van der Waals surface area contributed by atoms with Crippen molar-refractivity contribution in [2.75, 3.05) is 19.6 Å². The van der Waals surface area contributed by atoms with Crippen LogP contribution in [0.2, 0.25) is 5.02 Å². The molecule has 1 aromatic rings. The molecule has 1 aromatic carbocycles. The van der Waals surface area contributed by atoms with Gasteiger partial charge in [0.15, 0.2) is 0 Å². The van der Waals surface area contributed by atoms with E-state index >= 15 is 0 Å². The minimum atomic E-state index is -0.0184. The van der Waals surface area contributed by atoms with E-state index in [9.17, 15) is 9.59 Å². The van der Waals surface area contributed by atoms with Crippen LogP contribution >= 0.6 is 11.6 Å². The quantitative estimate of drug-likeness (QED) is 0.659. The van der Waals surface area contributed by atoms with Crippen LogP contribution in [0.25, 0.3) is 0 Å². The third-order valence-electron chi connectivity index (χ3n) is 4.77. The highest BCUT2D eigenvalue weighted by Gasteiger charge is 2.12. The normalized spacial score (nSPS) is 13.8. The number of allylic oxidation sites excluding steroid dienone is 1. The molecule has 2 amide bonds. The molecule has 0 aliphatic heterocycles. The van der Waals surface area contributed by atoms with Crippen molar-refractivity contribution in [3.63, 3.8) is 0 Å². The van der Waals surface area contributed by atoms with Crippen LogP contribution in [0, 0.1) is 0 Å². The summed E-state index contributed by atoms with van der Waals surface area (Å²) in [5, 5.41) is 3.63. The second kappa shape index (κ2) is 11.0. The van der Waals surface area contributed by atoms with Gasteiger partial charge in [-0.2, -0.15) is 0 Å². The van der Waals surface area contributed by atoms with Gasteiger partial charge in [0.25, 0.3) is 0 Å². The molecule has 0 fully saturated rings. The van der Waals surface area contributed by atoms with Gasteiger partial charge in [-0.25, -0.2) is 0 Å². The van der Waals surface area contributed by atoms with Crippen LogP contribution in [0.3, 0.4) is 0 Å². The summed E-state index contributed by atoms with van der Waals surface area (Å²) in [5.74, 6) is 0.0169. The van der Waals surface area contributed by atoms with Gasteiger partial charge in [-0.05, 0) is 56.2 Å². The van der Waals surface area contributed by atoms with Gasteiger partial charge in [0, 0.05) is 38.0 Å². The molecule has 0 unspecified atom stereocenters. The molecule has 0 saturated carbocycles. The summed E-state index contributed by atoms with van der Waals surface area (Å²) < 4.78 is 0. The Morgan fingerprint density at radius 3 is 2.73 bits per heavy atom. The molecule has 2 rings (SSSR count). The molecule has 1 aliphatic rings. The van der Waals surface area contributed by atoms with Crippen molar-refractivity contribution in [1.29, 1.82) is 0 Å². The number of hydrogen-bond acceptors (Lipinski definition) is 2. The molecule has 0 atom stereocenters. The monoisotopic (exact) mass is 376 g/mol. The number of benzene rings is 1. The van der Waals surface area contributed by atoms with Crippen LogP contribution in [-0.4, -0.2) is 36.3 Å². The second-order valence-corrected chi connectivity index (χ2v) is 7.28. The number of nitrogens with one attached hydrogen (secondary N) is 1. The van der Waals surface area contributed by atoms with Gasteiger partial charge in [-0.1, -0.05) is 35.4 Å². The number of halogens is 1. The lowest BCUT2D eigenvalue weighted by Gasteiger charge is -2.22. The Morgan fingerprint density at radius 2 is 2.04 bits per heavy atom. The second-order valence-electron chi connectivity index (χ2n) is 6.84. The van der Waals surface area contributed by atoms with Crippen LogP contribution < -0.4 is 5.32 Å². The molecule has 0 heterocycles. The first-order chi connectivity index (χ1) is 12.5. The molecular weight excluding hydrogens is 348 g/mol. The molecule has 142 valence electrons. The Kier molecular flexibility index (Phi) is 8.69. The summed E-state index contributed by atoms with van der Waals surface area (Å²) in [7, 11) is 0. The SMILES string of the molecule is CC(=O)N(CCC(=O)NCCc1cccc(Cl)c1)CCC1=CCCCC1. The third-order valence-corrected chi connectivity index (χ3v) is 5.00. The number of carbonyl (C=O) groups excluding carboxylic acids is 2. The average Bonchev–Trinajstić information content (AvgIpc) is 2.62. The Labute approximate surface area is 161 Å². The highest BCUT2D eigenvalue weighted by Crippen LogP contribution is 2.20. The van der Waals surface area contributed by atoms with Crippen LogP contribution in [0.5, 0.6) is 0 Å². The summed E-state index contributed by atoms with van der Waals surface area (Å²) in [4.78, 5) is 25.7. The zero-order chi connectivity index (χ0) is 18.8. The van der Waals surface area contributed by atoms with Crippen molar-refractivity contribution in [2.24, 2.45) is 0 Å². The first kappa shape index (κ1) is 20.5. The fourth-order valence-corrected chi connectivity index (χ4v) is 3.41. The van der Waals surface area contributed by atoms with E-state index in [1.165, 1.54) is 18.4 Å². The molecule has 0 spiro atoms. The predicted octanol–water partition coefficient (Wildman–Crippen LogP) is 4.13. The lowest BCUT2D eigenvalue weighted by Crippen LogP contribution is -2.35. The number of rotatable bonds is 9. The van der Waals surface area contributed by atoms with E-state index < -0.39 is 0 Å². The highest BCUT2D eigenvalue weighted by atomic mass is 35.5. The Morgan fingerprint density at radius 1 is 1.19 bits per heavy atom. The maximum absolute atomic E-state index is 12.0. The molecule has 1 aliphatic carbocycles. The first-order valence-electron chi connectivity index (χ1n) is 9.49. The molecule has 1 N–H and O–H groups in total. The molecular formula is C21H29ClN2O2. The zero-order valence-electron chi connectivity index (χ0n) is 15.6. The maximum atomic E-state index is 12.0. The zero-order valence-corrected chi connectivity index (χ0v) is 16.4. The minimum Gasteiger partial charge on any atom is -0.356 e. The van der Waals surface area contributed by atoms with E-state index in [0.29, 0.717) is 31.1 Å². The molecule has 26 heavy (non-hydrogen) atoms. The Bertz CT molecular complexity index is 643. The summed E-state index contributed by atoms with van der Waals surface area (Å²) in [6.45, 7) is 3.33. The number of amides is 2. The first-order valence-corrected chi connectivity index (χ1v) is 9.87. The van der Waals surface area contributed by atoms with Crippen molar-refractivity contribution in [3.8, 4) is 0 Å². The lowest BCUT2D eigenvalue weighted by atomic mass is 9.97. The third kappa shape index (κ3) is 7.61. The van der Waals surface area contributed by atoms with Crippen molar-refractivity contribution in [3.05, 3.63) is 46.5 Å². The number of hydrogen-bond donors (Lipinski definition) is 1. The van der Waals surface area contributed by atoms with Gasteiger partial charge < -0.3 is 10.2 Å². The molecule has 0 radical (unpaired) electrons. The van der Waals surface area contributed by atoms with Gasteiger partial charge in [-0.15, -0.1) is 0 Å². The summed E-state index contributed by atoms with van der Waals surface area (Å²) in [5.41, 5.74) is 2.55. The fraction of sp³-hybridized carbons (Fsp3) is 0.524. The van der Waals surface area contributed by atoms with Crippen molar-refractivity contribution < 1.29 is 9.59 Å². The van der Waals surface area contributed by atoms with Gasteiger partial charge in [-0.3, -0.25) is 9.59 Å². The van der Waals surface area contributed by atoms with Crippen LogP contribution in [0.4, 0.5) is 0 Å². The van der Waals surface area contributed by atoms with Crippen LogP contribution in [0.15, 0.2) is 35.9 Å². The average molecular weight is 377 g/mol. The van der Waals surface area contributed by atoms with Crippen LogP contribution in [-0.2, 0) is 16.0 Å². The largest absolute Gasteiger partial charge is 0.356 e. The predicted molar refractivity (Wildman–Crippen MR) is 106 cm³/mol.